The van der Waals surface area contributed by atoms with E-state index >= 15 is 0 Å². The van der Waals surface area contributed by atoms with Gasteiger partial charge in [-0.3, -0.25) is 4.40 Å². The van der Waals surface area contributed by atoms with Crippen LogP contribution in [0, 0.1) is 0 Å². The minimum absolute atomic E-state index is 0.359. The molecule has 9 heteroatoms. The molecule has 1 aliphatic rings. The molecule has 1 aliphatic heterocycles. The molecule has 3 aromatic rings. The lowest BCUT2D eigenvalue weighted by molar-refractivity contribution is 0.185. The van der Waals surface area contributed by atoms with Gasteiger partial charge in [-0.25, -0.2) is 4.98 Å². The number of nitrogens with two attached hydrogens (primary N) is 1. The molecule has 4 heterocycles. The highest BCUT2D eigenvalue weighted by molar-refractivity contribution is 5.55. The Kier molecular flexibility index (Phi) is 4.22. The molecule has 0 aromatic carbocycles. The summed E-state index contributed by atoms with van der Waals surface area (Å²) in [6, 6.07) is 1.93. The molecule has 0 saturated carbocycles. The van der Waals surface area contributed by atoms with Crippen LogP contribution in [0.2, 0.25) is 0 Å². The van der Waals surface area contributed by atoms with E-state index in [-0.39, 0.29) is 0 Å². The van der Waals surface area contributed by atoms with E-state index in [1.54, 1.807) is 17.8 Å². The number of fused-ring (bicyclic) bond motifs is 1. The van der Waals surface area contributed by atoms with Gasteiger partial charge in [-0.1, -0.05) is 0 Å². The van der Waals surface area contributed by atoms with Gasteiger partial charge in [-0.05, 0) is 12.8 Å². The quantitative estimate of drug-likeness (QED) is 0.736. The van der Waals surface area contributed by atoms with Crippen molar-refractivity contribution in [1.29, 1.82) is 0 Å². The summed E-state index contributed by atoms with van der Waals surface area (Å²) < 4.78 is 9.06. The number of nitrogens with zero attached hydrogens (tertiary/aromatic N) is 7. The molecule has 0 aliphatic carbocycles. The van der Waals surface area contributed by atoms with Crippen molar-refractivity contribution in [1.82, 2.24) is 29.1 Å². The molecule has 1 fully saturated rings. The number of rotatable bonds is 5. The van der Waals surface area contributed by atoms with E-state index in [1.807, 2.05) is 18.5 Å². The number of anilines is 2. The van der Waals surface area contributed by atoms with E-state index in [0.29, 0.717) is 24.1 Å². The highest BCUT2D eigenvalue weighted by atomic mass is 16.5. The normalized spacial score (nSPS) is 18.1. The standard InChI is InChI=1S/C16H22N8O/c1-25-8-7-22-6-4-18-15(22)12-3-2-5-23(10-12)13-9-14-21-19-11-24(14)16(17)20-13/h4,6,9,11-12H,2-3,5,7-8,10H2,1H3,(H2,17,20). The van der Waals surface area contributed by atoms with E-state index in [0.717, 1.165) is 44.1 Å². The van der Waals surface area contributed by atoms with Crippen LogP contribution < -0.4 is 10.6 Å². The fourth-order valence-electron chi connectivity index (χ4n) is 3.46. The summed E-state index contributed by atoms with van der Waals surface area (Å²) in [6.45, 7) is 3.31. The maximum absolute atomic E-state index is 6.03. The summed E-state index contributed by atoms with van der Waals surface area (Å²) in [7, 11) is 1.72. The number of imidazole rings is 1. The van der Waals surface area contributed by atoms with E-state index in [4.69, 9.17) is 10.5 Å². The van der Waals surface area contributed by atoms with Gasteiger partial charge >= 0.3 is 0 Å². The van der Waals surface area contributed by atoms with Crippen LogP contribution in [0.15, 0.2) is 24.8 Å². The number of methoxy groups -OCH3 is 1. The Morgan fingerprint density at radius 1 is 1.40 bits per heavy atom. The smallest absolute Gasteiger partial charge is 0.209 e. The molecule has 25 heavy (non-hydrogen) atoms. The highest BCUT2D eigenvalue weighted by Gasteiger charge is 2.26. The predicted molar refractivity (Wildman–Crippen MR) is 93.5 cm³/mol. The average Bonchev–Trinajstić information content (AvgIpc) is 3.29. The van der Waals surface area contributed by atoms with Crippen molar-refractivity contribution in [2.75, 3.05) is 37.4 Å². The van der Waals surface area contributed by atoms with E-state index in [1.165, 1.54) is 0 Å². The van der Waals surface area contributed by atoms with E-state index in [9.17, 15) is 0 Å². The van der Waals surface area contributed by atoms with E-state index < -0.39 is 0 Å². The van der Waals surface area contributed by atoms with Crippen LogP contribution in [0.25, 0.3) is 5.65 Å². The number of ether oxygens (including phenoxy) is 1. The summed E-state index contributed by atoms with van der Waals surface area (Å²) in [6.07, 6.45) is 7.66. The zero-order chi connectivity index (χ0) is 17.2. The van der Waals surface area contributed by atoms with E-state index in [2.05, 4.69) is 29.6 Å². The van der Waals surface area contributed by atoms with Crippen LogP contribution in [-0.4, -0.2) is 55.9 Å². The lowest BCUT2D eigenvalue weighted by Gasteiger charge is -2.33. The average molecular weight is 342 g/mol. The van der Waals surface area contributed by atoms with Gasteiger partial charge in [-0.2, -0.15) is 4.98 Å². The second kappa shape index (κ2) is 6.67. The molecule has 3 aromatic heterocycles. The largest absolute Gasteiger partial charge is 0.383 e. The van der Waals surface area contributed by atoms with Crippen LogP contribution in [0.4, 0.5) is 11.8 Å². The van der Waals surface area contributed by atoms with Gasteiger partial charge in [0.05, 0.1) is 6.61 Å². The first kappa shape index (κ1) is 15.8. The van der Waals surface area contributed by atoms with Gasteiger partial charge < -0.3 is 19.9 Å². The molecule has 0 amide bonds. The zero-order valence-corrected chi connectivity index (χ0v) is 14.2. The second-order valence-corrected chi connectivity index (χ2v) is 6.29. The molecule has 0 spiro atoms. The van der Waals surface area contributed by atoms with Gasteiger partial charge in [-0.15, -0.1) is 10.2 Å². The molecule has 1 atom stereocenters. The first-order chi connectivity index (χ1) is 12.3. The highest BCUT2D eigenvalue weighted by Crippen LogP contribution is 2.29. The Bertz CT molecular complexity index is 857. The maximum atomic E-state index is 6.03. The number of piperidine rings is 1. The third kappa shape index (κ3) is 3.02. The SMILES string of the molecule is COCCn1ccnc1C1CCCN(c2cc3nncn3c(N)n2)C1. The lowest BCUT2D eigenvalue weighted by atomic mass is 9.97. The fraction of sp³-hybridized carbons (Fsp3) is 0.500. The zero-order valence-electron chi connectivity index (χ0n) is 14.2. The number of hydrogen-bond donors (Lipinski definition) is 1. The number of hydrogen-bond acceptors (Lipinski definition) is 7. The first-order valence-electron chi connectivity index (χ1n) is 8.47. The van der Waals surface area contributed by atoms with Gasteiger partial charge in [0.1, 0.15) is 18.0 Å². The van der Waals surface area contributed by atoms with Crippen LogP contribution in [-0.2, 0) is 11.3 Å². The van der Waals surface area contributed by atoms with Crippen LogP contribution in [0.5, 0.6) is 0 Å². The molecular weight excluding hydrogens is 320 g/mol. The molecule has 0 bridgehead atoms. The van der Waals surface area contributed by atoms with Gasteiger partial charge in [0.2, 0.25) is 5.95 Å². The summed E-state index contributed by atoms with van der Waals surface area (Å²) >= 11 is 0. The van der Waals surface area contributed by atoms with Gasteiger partial charge in [0, 0.05) is 51.1 Å². The molecule has 9 nitrogen and oxygen atoms in total. The number of nitrogen functional groups attached to an aromatic ring is 1. The monoisotopic (exact) mass is 342 g/mol. The van der Waals surface area contributed by atoms with Gasteiger partial charge in [0.15, 0.2) is 5.65 Å². The molecule has 132 valence electrons. The maximum Gasteiger partial charge on any atom is 0.209 e. The van der Waals surface area contributed by atoms with Crippen molar-refractivity contribution >= 4 is 17.4 Å². The van der Waals surface area contributed by atoms with Crippen molar-refractivity contribution in [3.8, 4) is 0 Å². The molecule has 2 N–H and O–H groups in total. The second-order valence-electron chi connectivity index (χ2n) is 6.29. The Morgan fingerprint density at radius 3 is 3.20 bits per heavy atom. The van der Waals surface area contributed by atoms with Crippen molar-refractivity contribution in [3.05, 3.63) is 30.6 Å². The summed E-state index contributed by atoms with van der Waals surface area (Å²) in [5, 5.41) is 7.98. The van der Waals surface area contributed by atoms with Crippen LogP contribution in [0.1, 0.15) is 24.6 Å². The van der Waals surface area contributed by atoms with Crippen molar-refractivity contribution < 1.29 is 4.74 Å². The molecule has 1 unspecified atom stereocenters. The number of aromatic nitrogens is 6. The Hall–Kier alpha value is -2.68. The molecule has 4 rings (SSSR count). The van der Waals surface area contributed by atoms with Crippen LogP contribution >= 0.6 is 0 Å². The molecule has 1 saturated heterocycles. The Balaban J connectivity index is 1.57. The third-order valence-corrected chi connectivity index (χ3v) is 4.70. The molecule has 0 radical (unpaired) electrons. The lowest BCUT2D eigenvalue weighted by Crippen LogP contribution is -2.36. The van der Waals surface area contributed by atoms with Crippen LogP contribution in [0.3, 0.4) is 0 Å². The first-order valence-corrected chi connectivity index (χ1v) is 8.47. The minimum Gasteiger partial charge on any atom is -0.383 e. The molecular formula is C16H22N8O. The van der Waals surface area contributed by atoms with Crippen molar-refractivity contribution in [3.63, 3.8) is 0 Å². The predicted octanol–water partition coefficient (Wildman–Crippen LogP) is 0.933. The minimum atomic E-state index is 0.359. The Morgan fingerprint density at radius 2 is 2.32 bits per heavy atom. The van der Waals surface area contributed by atoms with Gasteiger partial charge in [0.25, 0.3) is 0 Å². The summed E-state index contributed by atoms with van der Waals surface area (Å²) in [5.74, 6) is 2.72. The summed E-state index contributed by atoms with van der Waals surface area (Å²) in [5.41, 5.74) is 6.75. The van der Waals surface area contributed by atoms with Crippen molar-refractivity contribution in [2.24, 2.45) is 0 Å². The fourth-order valence-corrected chi connectivity index (χ4v) is 3.46. The van der Waals surface area contributed by atoms with Crippen molar-refractivity contribution in [2.45, 2.75) is 25.3 Å². The topological polar surface area (TPSA) is 99.4 Å². The Labute approximate surface area is 145 Å². The summed E-state index contributed by atoms with van der Waals surface area (Å²) in [4.78, 5) is 11.4. The third-order valence-electron chi connectivity index (χ3n) is 4.70.